The summed E-state index contributed by atoms with van der Waals surface area (Å²) in [6.07, 6.45) is -3.34. The summed E-state index contributed by atoms with van der Waals surface area (Å²) in [6, 6.07) is 9.17. The monoisotopic (exact) mass is 485 g/mol. The van der Waals surface area contributed by atoms with Gasteiger partial charge in [-0.25, -0.2) is 22.3 Å². The van der Waals surface area contributed by atoms with Crippen molar-refractivity contribution in [3.63, 3.8) is 0 Å². The number of alkyl halides is 3. The highest BCUT2D eigenvalue weighted by Crippen LogP contribution is 2.33. The van der Waals surface area contributed by atoms with Crippen molar-refractivity contribution in [2.45, 2.75) is 13.1 Å². The molecule has 176 valence electrons. The molecule has 2 amide bonds. The first kappa shape index (κ1) is 24.0. The molecule has 1 heterocycles. The Kier molecular flexibility index (Phi) is 6.91. The van der Waals surface area contributed by atoms with Gasteiger partial charge in [0.05, 0.1) is 22.7 Å². The van der Waals surface area contributed by atoms with Crippen LogP contribution in [0.25, 0.3) is 5.69 Å². The third kappa shape index (κ3) is 6.44. The number of amides is 2. The summed E-state index contributed by atoms with van der Waals surface area (Å²) < 4.78 is 80.4. The average Bonchev–Trinajstić information content (AvgIpc) is 3.18. The fourth-order valence-electron chi connectivity index (χ4n) is 2.78. The van der Waals surface area contributed by atoms with E-state index in [1.807, 2.05) is 0 Å². The van der Waals surface area contributed by atoms with Crippen molar-refractivity contribution in [3.05, 3.63) is 71.7 Å². The molecule has 3 N–H and O–H groups in total. The topological polar surface area (TPSA) is 105 Å². The number of benzene rings is 2. The van der Waals surface area contributed by atoms with Gasteiger partial charge in [-0.15, -0.1) is 5.10 Å². The molecule has 0 aliphatic rings. The van der Waals surface area contributed by atoms with Crippen LogP contribution in [0.1, 0.15) is 11.1 Å². The highest BCUT2D eigenvalue weighted by molar-refractivity contribution is 7.92. The van der Waals surface area contributed by atoms with E-state index in [1.54, 1.807) is 0 Å². The molecule has 0 saturated heterocycles. The highest BCUT2D eigenvalue weighted by Gasteiger charge is 2.33. The van der Waals surface area contributed by atoms with Gasteiger partial charge in [0.2, 0.25) is 10.0 Å². The van der Waals surface area contributed by atoms with Crippen LogP contribution in [-0.2, 0) is 16.2 Å². The maximum atomic E-state index is 13.5. The minimum atomic E-state index is -4.59. The van der Waals surface area contributed by atoms with Crippen LogP contribution in [0, 0.1) is 12.7 Å². The van der Waals surface area contributed by atoms with Crippen molar-refractivity contribution in [1.82, 2.24) is 15.1 Å². The Morgan fingerprint density at radius 3 is 2.55 bits per heavy atom. The van der Waals surface area contributed by atoms with Gasteiger partial charge in [-0.1, -0.05) is 18.2 Å². The molecule has 3 aromatic rings. The Labute approximate surface area is 186 Å². The zero-order chi connectivity index (χ0) is 24.2. The van der Waals surface area contributed by atoms with Gasteiger partial charge in [0.15, 0.2) is 5.82 Å². The molecule has 33 heavy (non-hydrogen) atoms. The molecule has 13 heteroatoms. The lowest BCUT2D eigenvalue weighted by atomic mass is 10.2. The predicted molar refractivity (Wildman–Crippen MR) is 114 cm³/mol. The van der Waals surface area contributed by atoms with Crippen molar-refractivity contribution >= 4 is 27.6 Å². The van der Waals surface area contributed by atoms with E-state index >= 15 is 0 Å². The molecule has 2 aromatic carbocycles. The molecular formula is C20H19F4N5O3S. The van der Waals surface area contributed by atoms with E-state index in [0.29, 0.717) is 5.56 Å². The number of hydrogen-bond acceptors (Lipinski definition) is 4. The van der Waals surface area contributed by atoms with E-state index in [0.717, 1.165) is 16.8 Å². The second-order valence-electron chi connectivity index (χ2n) is 6.93. The summed E-state index contributed by atoms with van der Waals surface area (Å²) in [6.45, 7) is 1.25. The molecule has 0 aliphatic carbocycles. The van der Waals surface area contributed by atoms with Gasteiger partial charge >= 0.3 is 12.2 Å². The molecule has 8 nitrogen and oxygen atoms in total. The van der Waals surface area contributed by atoms with Crippen molar-refractivity contribution < 1.29 is 30.8 Å². The van der Waals surface area contributed by atoms with Crippen LogP contribution in [0.15, 0.2) is 54.7 Å². The van der Waals surface area contributed by atoms with Gasteiger partial charge in [-0.3, -0.25) is 10.0 Å². The fraction of sp³-hybridized carbons (Fsp3) is 0.200. The zero-order valence-electron chi connectivity index (χ0n) is 17.1. The first-order valence-corrected chi connectivity index (χ1v) is 11.1. The molecule has 3 rings (SSSR count). The Bertz CT molecular complexity index is 1260. The second-order valence-corrected chi connectivity index (χ2v) is 8.77. The normalized spacial score (nSPS) is 11.8. The van der Waals surface area contributed by atoms with Crippen LogP contribution < -0.4 is 15.4 Å². The molecule has 0 spiro atoms. The van der Waals surface area contributed by atoms with Crippen LogP contribution in [0.5, 0.6) is 0 Å². The third-order valence-electron chi connectivity index (χ3n) is 4.39. The molecule has 0 aliphatic heterocycles. The third-order valence-corrected chi connectivity index (χ3v) is 5.68. The number of carbonyl (C=O) groups excluding carboxylic acids is 1. The average molecular weight is 485 g/mol. The summed E-state index contributed by atoms with van der Waals surface area (Å²) in [4.78, 5) is 12.0. The van der Waals surface area contributed by atoms with Gasteiger partial charge in [-0.05, 0) is 36.8 Å². The minimum Gasteiger partial charge on any atom is -0.337 e. The molecule has 0 atom stereocenters. The van der Waals surface area contributed by atoms with Gasteiger partial charge in [0.25, 0.3) is 0 Å². The van der Waals surface area contributed by atoms with Crippen LogP contribution in [0.4, 0.5) is 33.9 Å². The van der Waals surface area contributed by atoms with Crippen molar-refractivity contribution in [2.75, 3.05) is 22.3 Å². The lowest BCUT2D eigenvalue weighted by Gasteiger charge is -2.12. The Hall–Kier alpha value is -3.61. The molecule has 0 saturated carbocycles. The maximum Gasteiger partial charge on any atom is 0.418 e. The van der Waals surface area contributed by atoms with Crippen molar-refractivity contribution in [1.29, 1.82) is 0 Å². The van der Waals surface area contributed by atoms with E-state index < -0.39 is 39.4 Å². The summed E-state index contributed by atoms with van der Waals surface area (Å²) in [5.41, 5.74) is -0.703. The number of carbonyl (C=O) groups is 1. The van der Waals surface area contributed by atoms with E-state index in [4.69, 9.17) is 0 Å². The number of aryl methyl sites for hydroxylation is 1. The van der Waals surface area contributed by atoms with Crippen molar-refractivity contribution in [3.8, 4) is 5.69 Å². The number of para-hydroxylation sites is 1. The molecule has 0 fully saturated rings. The molecule has 0 radical (unpaired) electrons. The number of nitrogens with zero attached hydrogens (tertiary/aromatic N) is 2. The quantitative estimate of drug-likeness (QED) is 0.442. The standard InChI is InChI=1S/C20H19F4N5O3S/c1-13-6-7-14(12-16(13)21)28-33(31,32)11-9-25-19(30)26-18-8-10-29(27-18)17-5-3-2-4-15(17)20(22,23)24/h2-8,10,12,28H,9,11H2,1H3,(H2,25,26,27,30). The molecular weight excluding hydrogens is 466 g/mol. The Morgan fingerprint density at radius 1 is 1.12 bits per heavy atom. The number of halogens is 4. The first-order chi connectivity index (χ1) is 15.4. The van der Waals surface area contributed by atoms with Crippen LogP contribution in [-0.4, -0.2) is 36.5 Å². The summed E-state index contributed by atoms with van der Waals surface area (Å²) in [7, 11) is -3.87. The Morgan fingerprint density at radius 2 is 1.85 bits per heavy atom. The minimum absolute atomic E-state index is 0.0411. The number of aromatic nitrogens is 2. The highest BCUT2D eigenvalue weighted by atomic mass is 32.2. The van der Waals surface area contributed by atoms with E-state index in [2.05, 4.69) is 20.5 Å². The lowest BCUT2D eigenvalue weighted by molar-refractivity contribution is -0.137. The molecule has 0 bridgehead atoms. The fourth-order valence-corrected chi connectivity index (χ4v) is 3.74. The van der Waals surface area contributed by atoms with Gasteiger partial charge < -0.3 is 5.32 Å². The van der Waals surface area contributed by atoms with Crippen LogP contribution in [0.2, 0.25) is 0 Å². The maximum absolute atomic E-state index is 13.5. The van der Waals surface area contributed by atoms with E-state index in [9.17, 15) is 30.8 Å². The molecule has 1 aromatic heterocycles. The van der Waals surface area contributed by atoms with E-state index in [1.165, 1.54) is 49.5 Å². The molecule has 0 unspecified atom stereocenters. The summed E-state index contributed by atoms with van der Waals surface area (Å²) >= 11 is 0. The number of rotatable bonds is 7. The predicted octanol–water partition coefficient (Wildman–Crippen LogP) is 3.90. The van der Waals surface area contributed by atoms with Crippen LogP contribution in [0.3, 0.4) is 0 Å². The smallest absolute Gasteiger partial charge is 0.337 e. The SMILES string of the molecule is Cc1ccc(NS(=O)(=O)CCNC(=O)Nc2ccn(-c3ccccc3C(F)(F)F)n2)cc1F. The van der Waals surface area contributed by atoms with Crippen molar-refractivity contribution in [2.24, 2.45) is 0 Å². The number of urea groups is 1. The van der Waals surface area contributed by atoms with E-state index in [-0.39, 0.29) is 23.7 Å². The summed E-state index contributed by atoms with van der Waals surface area (Å²) in [5.74, 6) is -1.10. The number of anilines is 2. The number of hydrogen-bond donors (Lipinski definition) is 3. The lowest BCUT2D eigenvalue weighted by Crippen LogP contribution is -2.34. The second kappa shape index (κ2) is 9.48. The Balaban J connectivity index is 1.55. The van der Waals surface area contributed by atoms with Gasteiger partial charge in [0, 0.05) is 18.8 Å². The van der Waals surface area contributed by atoms with Crippen LogP contribution >= 0.6 is 0 Å². The number of sulfonamides is 1. The first-order valence-electron chi connectivity index (χ1n) is 9.48. The summed E-state index contributed by atoms with van der Waals surface area (Å²) in [5, 5.41) is 8.52. The number of nitrogens with one attached hydrogen (secondary N) is 3. The van der Waals surface area contributed by atoms with Gasteiger partial charge in [-0.2, -0.15) is 13.2 Å². The van der Waals surface area contributed by atoms with Gasteiger partial charge in [0.1, 0.15) is 5.82 Å². The largest absolute Gasteiger partial charge is 0.418 e. The zero-order valence-corrected chi connectivity index (χ0v) is 18.0.